The van der Waals surface area contributed by atoms with E-state index in [-0.39, 0.29) is 11.2 Å². The van der Waals surface area contributed by atoms with Crippen LogP contribution in [0.2, 0.25) is 10.0 Å². The van der Waals surface area contributed by atoms with Crippen molar-refractivity contribution >= 4 is 52.3 Å². The third kappa shape index (κ3) is 5.09. The first-order valence-corrected chi connectivity index (χ1v) is 10.4. The van der Waals surface area contributed by atoms with E-state index in [0.717, 1.165) is 11.1 Å². The number of nitrogens with one attached hydrogen (secondary N) is 1. The normalized spacial score (nSPS) is 17.9. The van der Waals surface area contributed by atoms with Gasteiger partial charge in [-0.05, 0) is 48.4 Å². The molecule has 1 atom stereocenters. The Balaban J connectivity index is 1.39. The fraction of sp³-hybridized carbons (Fsp3) is 0.0952. The topological polar surface area (TPSA) is 67.0 Å². The molecular weight excluding hydrogens is 429 g/mol. The van der Waals surface area contributed by atoms with Crippen LogP contribution in [0.3, 0.4) is 0 Å². The maximum atomic E-state index is 12.2. The van der Waals surface area contributed by atoms with E-state index in [2.05, 4.69) is 15.5 Å². The predicted molar refractivity (Wildman–Crippen MR) is 119 cm³/mol. The molecule has 2 aromatic carbocycles. The highest BCUT2D eigenvalue weighted by atomic mass is 35.5. The average molecular weight is 444 g/mol. The van der Waals surface area contributed by atoms with Gasteiger partial charge in [0.15, 0.2) is 5.17 Å². The number of rotatable bonds is 5. The third-order valence-electron chi connectivity index (χ3n) is 4.16. The zero-order valence-corrected chi connectivity index (χ0v) is 17.3. The van der Waals surface area contributed by atoms with E-state index in [1.165, 1.54) is 18.0 Å². The Morgan fingerprint density at radius 3 is 2.66 bits per heavy atom. The summed E-state index contributed by atoms with van der Waals surface area (Å²) in [5.41, 5.74) is 1.88. The molecule has 4 rings (SSSR count). The Morgan fingerprint density at radius 1 is 1.07 bits per heavy atom. The van der Waals surface area contributed by atoms with Crippen molar-refractivity contribution in [2.75, 3.05) is 0 Å². The van der Waals surface area contributed by atoms with E-state index < -0.39 is 0 Å². The SMILES string of the molecule is O=C1NC(=NN=Cc2ccc(-c3cccc(Cl)c3)o2)SC1Cc1cccc(Cl)c1. The summed E-state index contributed by atoms with van der Waals surface area (Å²) in [7, 11) is 0. The maximum absolute atomic E-state index is 12.2. The third-order valence-corrected chi connectivity index (χ3v) is 5.70. The summed E-state index contributed by atoms with van der Waals surface area (Å²) in [6.45, 7) is 0. The van der Waals surface area contributed by atoms with Gasteiger partial charge in [0, 0.05) is 15.6 Å². The summed E-state index contributed by atoms with van der Waals surface area (Å²) in [5.74, 6) is 1.14. The second-order valence-electron chi connectivity index (χ2n) is 6.29. The quantitative estimate of drug-likeness (QED) is 0.422. The fourth-order valence-corrected chi connectivity index (χ4v) is 4.19. The van der Waals surface area contributed by atoms with Crippen molar-refractivity contribution in [1.29, 1.82) is 0 Å². The van der Waals surface area contributed by atoms with Crippen molar-refractivity contribution in [3.63, 3.8) is 0 Å². The maximum Gasteiger partial charge on any atom is 0.239 e. The summed E-state index contributed by atoms with van der Waals surface area (Å²) < 4.78 is 5.74. The Kier molecular flexibility index (Phi) is 6.04. The molecule has 8 heteroatoms. The van der Waals surface area contributed by atoms with Crippen molar-refractivity contribution < 1.29 is 9.21 Å². The van der Waals surface area contributed by atoms with Crippen LogP contribution < -0.4 is 5.32 Å². The molecule has 5 nitrogen and oxygen atoms in total. The molecule has 1 aromatic heterocycles. The number of hydrogen-bond acceptors (Lipinski definition) is 5. The number of amidine groups is 1. The Bertz CT molecular complexity index is 1110. The number of benzene rings is 2. The Morgan fingerprint density at radius 2 is 1.86 bits per heavy atom. The van der Waals surface area contributed by atoms with E-state index in [9.17, 15) is 4.79 Å². The summed E-state index contributed by atoms with van der Waals surface area (Å²) in [5, 5.41) is 12.3. The molecule has 0 spiro atoms. The van der Waals surface area contributed by atoms with Gasteiger partial charge < -0.3 is 9.73 Å². The number of furan rings is 1. The molecule has 0 saturated carbocycles. The van der Waals surface area contributed by atoms with Gasteiger partial charge in [-0.3, -0.25) is 4.79 Å². The average Bonchev–Trinajstić information content (AvgIpc) is 3.29. The smallest absolute Gasteiger partial charge is 0.239 e. The number of carbonyl (C=O) groups excluding carboxylic acids is 1. The number of amides is 1. The van der Waals surface area contributed by atoms with Gasteiger partial charge in [-0.15, -0.1) is 5.10 Å². The second-order valence-corrected chi connectivity index (χ2v) is 8.36. The van der Waals surface area contributed by atoms with Gasteiger partial charge in [0.1, 0.15) is 11.5 Å². The molecule has 1 aliphatic rings. The van der Waals surface area contributed by atoms with Crippen LogP contribution in [0, 0.1) is 0 Å². The summed E-state index contributed by atoms with van der Waals surface area (Å²) in [4.78, 5) is 12.2. The molecule has 1 amide bonds. The molecule has 1 fully saturated rings. The first-order valence-electron chi connectivity index (χ1n) is 8.75. The van der Waals surface area contributed by atoms with Gasteiger partial charge in [-0.2, -0.15) is 5.10 Å². The lowest BCUT2D eigenvalue weighted by Gasteiger charge is -2.05. The summed E-state index contributed by atoms with van der Waals surface area (Å²) >= 11 is 13.4. The zero-order chi connectivity index (χ0) is 20.2. The first kappa shape index (κ1) is 19.8. The van der Waals surface area contributed by atoms with E-state index >= 15 is 0 Å². The van der Waals surface area contributed by atoms with Crippen LogP contribution in [-0.2, 0) is 11.2 Å². The summed E-state index contributed by atoms with van der Waals surface area (Å²) in [6, 6.07) is 18.5. The van der Waals surface area contributed by atoms with Gasteiger partial charge in [0.25, 0.3) is 0 Å². The number of nitrogens with zero attached hydrogens (tertiary/aromatic N) is 2. The largest absolute Gasteiger partial charge is 0.455 e. The van der Waals surface area contributed by atoms with Gasteiger partial charge in [-0.25, -0.2) is 0 Å². The van der Waals surface area contributed by atoms with Crippen molar-refractivity contribution in [3.05, 3.63) is 82.0 Å². The molecule has 3 aromatic rings. The first-order chi connectivity index (χ1) is 14.1. The minimum atomic E-state index is -0.263. The van der Waals surface area contributed by atoms with E-state index in [1.807, 2.05) is 42.5 Å². The molecule has 0 bridgehead atoms. The molecule has 1 saturated heterocycles. The van der Waals surface area contributed by atoms with Crippen molar-refractivity contribution in [2.24, 2.45) is 10.2 Å². The van der Waals surface area contributed by atoms with E-state index in [4.69, 9.17) is 27.6 Å². The van der Waals surface area contributed by atoms with Crippen molar-refractivity contribution in [2.45, 2.75) is 11.7 Å². The molecule has 146 valence electrons. The van der Waals surface area contributed by atoms with Gasteiger partial charge >= 0.3 is 0 Å². The van der Waals surface area contributed by atoms with Gasteiger partial charge in [0.2, 0.25) is 5.91 Å². The van der Waals surface area contributed by atoms with Gasteiger partial charge in [0.05, 0.1) is 11.5 Å². The monoisotopic (exact) mass is 443 g/mol. The second kappa shape index (κ2) is 8.86. The van der Waals surface area contributed by atoms with Crippen LogP contribution in [0.25, 0.3) is 11.3 Å². The number of hydrogen-bond donors (Lipinski definition) is 1. The number of carbonyl (C=O) groups is 1. The van der Waals surface area contributed by atoms with Crippen LogP contribution in [0.5, 0.6) is 0 Å². The highest BCUT2D eigenvalue weighted by Crippen LogP contribution is 2.25. The highest BCUT2D eigenvalue weighted by Gasteiger charge is 2.30. The molecule has 0 aliphatic carbocycles. The minimum Gasteiger partial charge on any atom is -0.455 e. The molecule has 1 unspecified atom stereocenters. The standard InChI is InChI=1S/C21H15Cl2N3O2S/c22-15-5-1-3-13(9-15)10-19-20(27)25-21(29-19)26-24-12-17-7-8-18(28-17)14-4-2-6-16(23)11-14/h1-9,11-12,19H,10H2,(H,25,26,27). The molecule has 2 heterocycles. The summed E-state index contributed by atoms with van der Waals surface area (Å²) in [6.07, 6.45) is 2.07. The molecule has 1 aliphatic heterocycles. The van der Waals surface area contributed by atoms with Gasteiger partial charge in [-0.1, -0.05) is 59.2 Å². The fourth-order valence-electron chi connectivity index (χ4n) is 2.82. The highest BCUT2D eigenvalue weighted by molar-refractivity contribution is 8.15. The van der Waals surface area contributed by atoms with Crippen LogP contribution in [0.1, 0.15) is 11.3 Å². The molecule has 0 radical (unpaired) electrons. The van der Waals surface area contributed by atoms with Crippen molar-refractivity contribution in [3.8, 4) is 11.3 Å². The Hall–Kier alpha value is -2.54. The van der Waals surface area contributed by atoms with Crippen LogP contribution >= 0.6 is 35.0 Å². The molecular formula is C21H15Cl2N3O2S. The van der Waals surface area contributed by atoms with Crippen LogP contribution in [0.15, 0.2) is 75.3 Å². The zero-order valence-electron chi connectivity index (χ0n) is 15.0. The number of halogens is 2. The van der Waals surface area contributed by atoms with E-state index in [1.54, 1.807) is 18.2 Å². The minimum absolute atomic E-state index is 0.0924. The van der Waals surface area contributed by atoms with Crippen molar-refractivity contribution in [1.82, 2.24) is 5.32 Å². The molecule has 1 N–H and O–H groups in total. The molecule has 29 heavy (non-hydrogen) atoms. The van der Waals surface area contributed by atoms with Crippen LogP contribution in [0.4, 0.5) is 0 Å². The lowest BCUT2D eigenvalue weighted by Crippen LogP contribution is -2.25. The lowest BCUT2D eigenvalue weighted by molar-refractivity contribution is -0.118. The van der Waals surface area contributed by atoms with E-state index in [0.29, 0.717) is 33.2 Å². The predicted octanol–water partition coefficient (Wildman–Crippen LogP) is 5.42. The Labute approximate surface area is 181 Å². The number of thioether (sulfide) groups is 1. The van der Waals surface area contributed by atoms with Crippen LogP contribution in [-0.4, -0.2) is 22.5 Å². The lowest BCUT2D eigenvalue weighted by atomic mass is 10.1.